The molecule has 1 aromatic rings. The Kier molecular flexibility index (Phi) is 3.21. The maximum Gasteiger partial charge on any atom is 0.180 e. The third-order valence-corrected chi connectivity index (χ3v) is 3.67. The predicted molar refractivity (Wildman–Crippen MR) is 51.2 cm³/mol. The second kappa shape index (κ2) is 3.56. The van der Waals surface area contributed by atoms with E-state index in [-0.39, 0.29) is 0 Å². The first-order chi connectivity index (χ1) is 4.66. The molecule has 0 saturated carbocycles. The summed E-state index contributed by atoms with van der Waals surface area (Å²) >= 11 is 15.4. The molecule has 0 N–H and O–H groups in total. The van der Waals surface area contributed by atoms with Gasteiger partial charge < -0.3 is 0 Å². The monoisotopic (exact) mass is 350 g/mol. The third kappa shape index (κ3) is 1.57. The van der Waals surface area contributed by atoms with Gasteiger partial charge >= 0.3 is 0 Å². The fourth-order valence-corrected chi connectivity index (χ4v) is 2.72. The lowest BCUT2D eigenvalue weighted by atomic mass is 10.9. The van der Waals surface area contributed by atoms with Gasteiger partial charge in [0.2, 0.25) is 0 Å². The topological polar surface area (TPSA) is 17.8 Å². The van der Waals surface area contributed by atoms with Gasteiger partial charge in [-0.3, -0.25) is 4.57 Å². The van der Waals surface area contributed by atoms with Crippen LogP contribution >= 0.6 is 59.4 Å². The van der Waals surface area contributed by atoms with Crippen LogP contribution in [0.5, 0.6) is 0 Å². The molecule has 1 heterocycles. The summed E-state index contributed by atoms with van der Waals surface area (Å²) in [6, 6.07) is 0.375. The summed E-state index contributed by atoms with van der Waals surface area (Å²) in [5.41, 5.74) is 0. The lowest BCUT2D eigenvalue weighted by Crippen LogP contribution is -1.91. The molecule has 2 nitrogen and oxygen atoms in total. The van der Waals surface area contributed by atoms with Gasteiger partial charge in [-0.2, -0.15) is 0 Å². The lowest BCUT2D eigenvalue weighted by molar-refractivity contribution is 0.831. The van der Waals surface area contributed by atoms with Crippen LogP contribution in [0.4, 0.5) is 0 Å². The number of nitrogens with zero attached hydrogens (tertiary/aromatic N) is 2. The van der Waals surface area contributed by atoms with Gasteiger partial charge in [0.25, 0.3) is 0 Å². The summed E-state index contributed by atoms with van der Waals surface area (Å²) in [5.74, 6) is 0. The fourth-order valence-electron chi connectivity index (χ4n) is 0.482. The van der Waals surface area contributed by atoms with Crippen molar-refractivity contribution in [3.63, 3.8) is 0 Å². The number of aromatic nitrogens is 2. The molecule has 1 rings (SSSR count). The zero-order chi connectivity index (χ0) is 7.72. The van der Waals surface area contributed by atoms with Crippen molar-refractivity contribution in [1.82, 2.24) is 9.55 Å². The van der Waals surface area contributed by atoms with E-state index in [1.165, 1.54) is 0 Å². The summed E-state index contributed by atoms with van der Waals surface area (Å²) in [6.07, 6.45) is 0. The Morgan fingerprint density at radius 1 is 1.40 bits per heavy atom. The van der Waals surface area contributed by atoms with E-state index < -0.39 is 0 Å². The smallest absolute Gasteiger partial charge is 0.180 e. The zero-order valence-electron chi connectivity index (χ0n) is 4.61. The quantitative estimate of drug-likeness (QED) is 0.708. The molecule has 0 aliphatic rings. The number of hydrogen-bond donors (Lipinski definition) is 0. The van der Waals surface area contributed by atoms with Crippen LogP contribution in [-0.2, 0) is 6.00 Å². The molecule has 0 aromatic carbocycles. The number of halogens is 4. The molecule has 0 amide bonds. The summed E-state index contributed by atoms with van der Waals surface area (Å²) in [5, 5.41) is 0. The van der Waals surface area contributed by atoms with Crippen molar-refractivity contribution >= 4 is 59.4 Å². The first-order valence-electron chi connectivity index (χ1n) is 2.29. The van der Waals surface area contributed by atoms with Crippen LogP contribution in [0.3, 0.4) is 0 Å². The molecule has 0 saturated heterocycles. The minimum absolute atomic E-state index is 0.375. The van der Waals surface area contributed by atoms with Crippen molar-refractivity contribution in [2.24, 2.45) is 0 Å². The van der Waals surface area contributed by atoms with Crippen LogP contribution in [0.15, 0.2) is 13.9 Å². The normalized spacial score (nSPS) is 10.4. The Morgan fingerprint density at radius 2 is 2.00 bits per heavy atom. The van der Waals surface area contributed by atoms with Crippen LogP contribution in [-0.4, -0.2) is 9.55 Å². The number of alkyl halides is 1. The van der Waals surface area contributed by atoms with E-state index in [0.29, 0.717) is 10.7 Å². The van der Waals surface area contributed by atoms with Crippen LogP contribution < -0.4 is 0 Å². The van der Waals surface area contributed by atoms with Crippen LogP contribution in [0.25, 0.3) is 0 Å². The largest absolute Gasteiger partial charge is 0.298 e. The van der Waals surface area contributed by atoms with Crippen molar-refractivity contribution in [2.45, 2.75) is 6.00 Å². The molecular formula is C4H2Br3ClN2. The predicted octanol–water partition coefficient (Wildman–Crippen LogP) is 3.37. The summed E-state index contributed by atoms with van der Waals surface area (Å²) in [7, 11) is 0. The first-order valence-corrected chi connectivity index (χ1v) is 5.21. The molecule has 0 bridgehead atoms. The second-order valence-corrected chi connectivity index (χ2v) is 3.96. The molecule has 0 aliphatic heterocycles. The Labute approximate surface area is 88.3 Å². The molecule has 10 heavy (non-hydrogen) atoms. The molecule has 0 spiro atoms. The van der Waals surface area contributed by atoms with Gasteiger partial charge in [-0.25, -0.2) is 4.98 Å². The number of imidazole rings is 1. The maximum atomic E-state index is 5.59. The van der Waals surface area contributed by atoms with Gasteiger partial charge in [-0.15, -0.1) is 11.6 Å². The lowest BCUT2D eigenvalue weighted by Gasteiger charge is -1.96. The Hall–Kier alpha value is 0.940. The Morgan fingerprint density at radius 3 is 2.20 bits per heavy atom. The third-order valence-electron chi connectivity index (χ3n) is 0.940. The highest BCUT2D eigenvalue weighted by molar-refractivity contribution is 9.13. The zero-order valence-corrected chi connectivity index (χ0v) is 10.1. The van der Waals surface area contributed by atoms with E-state index >= 15 is 0 Å². The summed E-state index contributed by atoms with van der Waals surface area (Å²) in [4.78, 5) is 4.05. The summed E-state index contributed by atoms with van der Waals surface area (Å²) in [6.45, 7) is 0. The second-order valence-electron chi connectivity index (χ2n) is 1.51. The maximum absolute atomic E-state index is 5.59. The first kappa shape index (κ1) is 9.03. The van der Waals surface area contributed by atoms with Gasteiger partial charge in [-0.1, -0.05) is 0 Å². The Balaban J connectivity index is 3.20. The SMILES string of the molecule is ClCn1c(Br)nc(Br)c1Br. The average molecular weight is 353 g/mol. The molecule has 0 radical (unpaired) electrons. The van der Waals surface area contributed by atoms with Gasteiger partial charge in [0, 0.05) is 0 Å². The molecule has 0 atom stereocenters. The summed E-state index contributed by atoms with van der Waals surface area (Å²) < 4.78 is 4.07. The average Bonchev–Trinajstić information content (AvgIpc) is 2.09. The van der Waals surface area contributed by atoms with E-state index in [1.807, 2.05) is 0 Å². The molecule has 0 fully saturated rings. The highest BCUT2D eigenvalue weighted by Crippen LogP contribution is 2.26. The molecule has 56 valence electrons. The highest BCUT2D eigenvalue weighted by atomic mass is 79.9. The van der Waals surface area contributed by atoms with Gasteiger partial charge in [0.05, 0.1) is 0 Å². The molecule has 0 aliphatic carbocycles. The molecule has 0 unspecified atom stereocenters. The van der Waals surface area contributed by atoms with E-state index in [9.17, 15) is 0 Å². The van der Waals surface area contributed by atoms with Crippen molar-refractivity contribution in [3.8, 4) is 0 Å². The van der Waals surface area contributed by atoms with Crippen molar-refractivity contribution < 1.29 is 0 Å². The van der Waals surface area contributed by atoms with E-state index in [2.05, 4.69) is 52.8 Å². The van der Waals surface area contributed by atoms with Crippen LogP contribution in [0, 0.1) is 0 Å². The van der Waals surface area contributed by atoms with E-state index in [1.54, 1.807) is 4.57 Å². The highest BCUT2D eigenvalue weighted by Gasteiger charge is 2.08. The van der Waals surface area contributed by atoms with E-state index in [0.717, 1.165) is 9.21 Å². The van der Waals surface area contributed by atoms with Gasteiger partial charge in [0.15, 0.2) is 4.73 Å². The number of hydrogen-bond acceptors (Lipinski definition) is 1. The van der Waals surface area contributed by atoms with Crippen LogP contribution in [0.1, 0.15) is 0 Å². The minimum atomic E-state index is 0.375. The minimum Gasteiger partial charge on any atom is -0.298 e. The van der Waals surface area contributed by atoms with Gasteiger partial charge in [0.1, 0.15) is 15.2 Å². The van der Waals surface area contributed by atoms with E-state index in [4.69, 9.17) is 11.6 Å². The molecule has 1 aromatic heterocycles. The fraction of sp³-hybridized carbons (Fsp3) is 0.250. The van der Waals surface area contributed by atoms with Crippen molar-refractivity contribution in [2.75, 3.05) is 0 Å². The standard InChI is InChI=1S/C4H2Br3ClN2/c5-2-3(6)10(1-8)4(7)9-2/h1H2. The van der Waals surface area contributed by atoms with Crippen molar-refractivity contribution in [3.05, 3.63) is 13.9 Å². The Bertz CT molecular complexity index is 247. The van der Waals surface area contributed by atoms with Gasteiger partial charge in [-0.05, 0) is 47.8 Å². The van der Waals surface area contributed by atoms with Crippen molar-refractivity contribution in [1.29, 1.82) is 0 Å². The molecular weight excluding hydrogens is 351 g/mol. The number of rotatable bonds is 1. The molecule has 6 heteroatoms. The van der Waals surface area contributed by atoms with Crippen LogP contribution in [0.2, 0.25) is 0 Å².